The molecular formula is C17H26N4O. The Bertz CT molecular complexity index is 537. The minimum atomic E-state index is 0.884. The molecule has 4 N–H and O–H groups in total. The van der Waals surface area contributed by atoms with E-state index >= 15 is 0 Å². The van der Waals surface area contributed by atoms with Crippen LogP contribution in [0.15, 0.2) is 49.1 Å². The molecule has 0 aliphatic carbocycles. The van der Waals surface area contributed by atoms with Gasteiger partial charge in [0.1, 0.15) is 5.75 Å². The molecule has 0 bridgehead atoms. The fourth-order valence-corrected chi connectivity index (χ4v) is 2.01. The second kappa shape index (κ2) is 10.5. The molecule has 0 spiro atoms. The first-order valence-electron chi connectivity index (χ1n) is 7.37. The lowest BCUT2D eigenvalue weighted by Crippen LogP contribution is -2.16. The Labute approximate surface area is 132 Å². The van der Waals surface area contributed by atoms with Gasteiger partial charge in [0.15, 0.2) is 0 Å². The summed E-state index contributed by atoms with van der Waals surface area (Å²) in [6.45, 7) is 4.93. The van der Waals surface area contributed by atoms with Crippen molar-refractivity contribution >= 4 is 0 Å². The van der Waals surface area contributed by atoms with E-state index in [-0.39, 0.29) is 0 Å². The molecule has 1 heterocycles. The highest BCUT2D eigenvalue weighted by molar-refractivity contribution is 5.28. The van der Waals surface area contributed by atoms with Crippen molar-refractivity contribution in [1.82, 2.24) is 15.3 Å². The number of imidazole rings is 1. The zero-order chi connectivity index (χ0) is 16.2. The van der Waals surface area contributed by atoms with Crippen molar-refractivity contribution in [3.8, 4) is 5.75 Å². The molecule has 1 aromatic heterocycles. The van der Waals surface area contributed by atoms with E-state index < -0.39 is 0 Å². The third kappa shape index (κ3) is 6.45. The summed E-state index contributed by atoms with van der Waals surface area (Å²) in [6, 6.07) is 8.15. The number of hydrogen-bond acceptors (Lipinski definition) is 4. The Balaban J connectivity index is 0.00000116. The van der Waals surface area contributed by atoms with Gasteiger partial charge in [-0.15, -0.1) is 0 Å². The maximum atomic E-state index is 5.21. The number of benzene rings is 1. The van der Waals surface area contributed by atoms with Crippen LogP contribution in [-0.4, -0.2) is 30.7 Å². The van der Waals surface area contributed by atoms with E-state index in [2.05, 4.69) is 39.7 Å². The van der Waals surface area contributed by atoms with Crippen molar-refractivity contribution in [2.45, 2.75) is 19.3 Å². The number of aromatic amines is 1. The normalized spacial score (nSPS) is 9.59. The maximum Gasteiger partial charge on any atom is 0.119 e. The molecule has 0 fully saturated rings. The van der Waals surface area contributed by atoms with Gasteiger partial charge in [-0.1, -0.05) is 18.7 Å². The van der Waals surface area contributed by atoms with Gasteiger partial charge < -0.3 is 20.8 Å². The Morgan fingerprint density at radius 2 is 2.18 bits per heavy atom. The maximum absolute atomic E-state index is 5.21. The lowest BCUT2D eigenvalue weighted by atomic mass is 10.1. The Morgan fingerprint density at radius 1 is 1.36 bits per heavy atom. The average Bonchev–Trinajstić information content (AvgIpc) is 3.08. The number of nitrogens with two attached hydrogens (primary N) is 1. The van der Waals surface area contributed by atoms with Crippen molar-refractivity contribution in [3.05, 3.63) is 60.3 Å². The lowest BCUT2D eigenvalue weighted by Gasteiger charge is -2.09. The molecule has 5 heteroatoms. The number of ether oxygens (including phenoxy) is 1. The molecule has 2 aromatic rings. The SMILES string of the molecule is C=C(CCc1cnc[nH]1)NCCc1cccc(OC)c1.CN. The van der Waals surface area contributed by atoms with E-state index in [1.165, 1.54) is 12.6 Å². The van der Waals surface area contributed by atoms with Crippen molar-refractivity contribution in [2.75, 3.05) is 20.7 Å². The third-order valence-corrected chi connectivity index (χ3v) is 3.17. The molecule has 0 saturated carbocycles. The van der Waals surface area contributed by atoms with Crippen molar-refractivity contribution in [3.63, 3.8) is 0 Å². The van der Waals surface area contributed by atoms with Crippen LogP contribution in [-0.2, 0) is 12.8 Å². The Kier molecular flexibility index (Phi) is 8.45. The van der Waals surface area contributed by atoms with Gasteiger partial charge in [0.05, 0.1) is 13.4 Å². The van der Waals surface area contributed by atoms with Gasteiger partial charge in [-0.2, -0.15) is 0 Å². The van der Waals surface area contributed by atoms with Gasteiger partial charge in [0, 0.05) is 24.1 Å². The van der Waals surface area contributed by atoms with Crippen LogP contribution in [0.2, 0.25) is 0 Å². The molecule has 0 unspecified atom stereocenters. The molecule has 5 nitrogen and oxygen atoms in total. The number of hydrogen-bond donors (Lipinski definition) is 3. The van der Waals surface area contributed by atoms with Crippen LogP contribution in [0.5, 0.6) is 5.75 Å². The number of methoxy groups -OCH3 is 1. The third-order valence-electron chi connectivity index (χ3n) is 3.17. The molecule has 22 heavy (non-hydrogen) atoms. The van der Waals surface area contributed by atoms with Crippen LogP contribution in [0.4, 0.5) is 0 Å². The summed E-state index contributed by atoms with van der Waals surface area (Å²) >= 11 is 0. The van der Waals surface area contributed by atoms with Gasteiger partial charge >= 0.3 is 0 Å². The van der Waals surface area contributed by atoms with Crippen LogP contribution < -0.4 is 15.8 Å². The monoisotopic (exact) mass is 302 g/mol. The Hall–Kier alpha value is -2.27. The fourth-order valence-electron chi connectivity index (χ4n) is 2.01. The van der Waals surface area contributed by atoms with Crippen LogP contribution >= 0.6 is 0 Å². The minimum absolute atomic E-state index is 0.884. The van der Waals surface area contributed by atoms with Crippen molar-refractivity contribution in [2.24, 2.45) is 5.73 Å². The van der Waals surface area contributed by atoms with Crippen molar-refractivity contribution < 1.29 is 4.74 Å². The van der Waals surface area contributed by atoms with Crippen LogP contribution in [0.3, 0.4) is 0 Å². The van der Waals surface area contributed by atoms with Gasteiger partial charge in [-0.25, -0.2) is 4.98 Å². The summed E-state index contributed by atoms with van der Waals surface area (Å²) in [5, 5.41) is 3.36. The molecule has 0 aliphatic heterocycles. The van der Waals surface area contributed by atoms with E-state index in [9.17, 15) is 0 Å². The van der Waals surface area contributed by atoms with E-state index in [0.29, 0.717) is 0 Å². The van der Waals surface area contributed by atoms with Crippen molar-refractivity contribution in [1.29, 1.82) is 0 Å². The van der Waals surface area contributed by atoms with Gasteiger partial charge in [0.2, 0.25) is 0 Å². The minimum Gasteiger partial charge on any atom is -0.497 e. The number of nitrogens with zero attached hydrogens (tertiary/aromatic N) is 1. The van der Waals surface area contributed by atoms with Gasteiger partial charge in [0.25, 0.3) is 0 Å². The molecular weight excluding hydrogens is 276 g/mol. The highest BCUT2D eigenvalue weighted by Crippen LogP contribution is 2.12. The van der Waals surface area contributed by atoms with E-state index in [1.54, 1.807) is 13.4 Å². The second-order valence-corrected chi connectivity index (χ2v) is 4.71. The molecule has 2 rings (SSSR count). The number of aromatic nitrogens is 2. The molecule has 1 aromatic carbocycles. The zero-order valence-electron chi connectivity index (χ0n) is 13.4. The summed E-state index contributed by atoms with van der Waals surface area (Å²) < 4.78 is 5.21. The highest BCUT2D eigenvalue weighted by atomic mass is 16.5. The van der Waals surface area contributed by atoms with E-state index in [0.717, 1.165) is 42.9 Å². The lowest BCUT2D eigenvalue weighted by molar-refractivity contribution is 0.414. The van der Waals surface area contributed by atoms with Gasteiger partial charge in [-0.05, 0) is 44.0 Å². The summed E-state index contributed by atoms with van der Waals surface area (Å²) in [4.78, 5) is 7.09. The number of rotatable bonds is 8. The Morgan fingerprint density at radius 3 is 2.86 bits per heavy atom. The fraction of sp³-hybridized carbons (Fsp3) is 0.353. The number of allylic oxidation sites excluding steroid dienone is 1. The van der Waals surface area contributed by atoms with E-state index in [4.69, 9.17) is 4.74 Å². The quantitative estimate of drug-likeness (QED) is 0.699. The summed E-state index contributed by atoms with van der Waals surface area (Å²) in [7, 11) is 3.19. The number of nitrogens with one attached hydrogen (secondary N) is 2. The smallest absolute Gasteiger partial charge is 0.119 e. The van der Waals surface area contributed by atoms with E-state index in [1.807, 2.05) is 18.3 Å². The predicted octanol–water partition coefficient (Wildman–Crippen LogP) is 2.27. The largest absolute Gasteiger partial charge is 0.497 e. The summed E-state index contributed by atoms with van der Waals surface area (Å²) in [6.07, 6.45) is 6.36. The number of aryl methyl sites for hydroxylation is 1. The topological polar surface area (TPSA) is 76.0 Å². The van der Waals surface area contributed by atoms with Crippen LogP contribution in [0, 0.1) is 0 Å². The molecule has 0 radical (unpaired) electrons. The molecule has 0 amide bonds. The highest BCUT2D eigenvalue weighted by Gasteiger charge is 1.99. The standard InChI is InChI=1S/C16H21N3O.CH5N/c1-13(6-7-15-11-17-12-19-15)18-9-8-14-4-3-5-16(10-14)20-2;1-2/h3-5,10-12,18H,1,6-9H2,2H3,(H,17,19);2H2,1H3. The zero-order valence-corrected chi connectivity index (χ0v) is 13.4. The first-order valence-corrected chi connectivity index (χ1v) is 7.37. The first-order chi connectivity index (χ1) is 10.8. The predicted molar refractivity (Wildman–Crippen MR) is 90.9 cm³/mol. The number of H-pyrrole nitrogens is 1. The van der Waals surface area contributed by atoms with Crippen LogP contribution in [0.25, 0.3) is 0 Å². The molecule has 0 atom stereocenters. The molecule has 0 saturated heterocycles. The summed E-state index contributed by atoms with van der Waals surface area (Å²) in [5.41, 5.74) is 7.96. The summed E-state index contributed by atoms with van der Waals surface area (Å²) in [5.74, 6) is 0.903. The molecule has 120 valence electrons. The van der Waals surface area contributed by atoms with Gasteiger partial charge in [-0.3, -0.25) is 0 Å². The average molecular weight is 302 g/mol. The molecule has 0 aliphatic rings. The first kappa shape index (κ1) is 17.8. The van der Waals surface area contributed by atoms with Crippen LogP contribution in [0.1, 0.15) is 17.7 Å². The second-order valence-electron chi connectivity index (χ2n) is 4.71.